The lowest BCUT2D eigenvalue weighted by molar-refractivity contribution is -0.306. The Balaban J connectivity index is 1.04. The Hall–Kier alpha value is -2.79. The molecule has 1 saturated carbocycles. The first-order valence-corrected chi connectivity index (χ1v) is 21.3. The summed E-state index contributed by atoms with van der Waals surface area (Å²) in [7, 11) is 0. The van der Waals surface area contributed by atoms with Crippen LogP contribution in [0.2, 0.25) is 0 Å². The summed E-state index contributed by atoms with van der Waals surface area (Å²) in [6, 6.07) is 2.68. The van der Waals surface area contributed by atoms with Gasteiger partial charge in [-0.3, -0.25) is 14.4 Å². The number of Topliss-reactive ketones (excluding diaryl/α,β-unsaturated/α-hetero) is 3. The zero-order valence-electron chi connectivity index (χ0n) is 34.8. The Kier molecular flexibility index (Phi) is 12.0. The second-order valence-electron chi connectivity index (χ2n) is 18.4. The van der Waals surface area contributed by atoms with Gasteiger partial charge < -0.3 is 74.0 Å². The van der Waals surface area contributed by atoms with Crippen LogP contribution in [0.15, 0.2) is 23.3 Å². The van der Waals surface area contributed by atoms with Gasteiger partial charge in [0.2, 0.25) is 0 Å². The molecule has 1 aromatic rings. The molecular formula is C43H58O18. The third kappa shape index (κ3) is 7.73. The van der Waals surface area contributed by atoms with E-state index < -0.39 is 168 Å². The van der Waals surface area contributed by atoms with Crippen LogP contribution in [0.25, 0.3) is 0 Å². The molecule has 18 nitrogen and oxygen atoms in total. The molecule has 0 spiro atoms. The van der Waals surface area contributed by atoms with Crippen molar-refractivity contribution in [1.82, 2.24) is 0 Å². The van der Waals surface area contributed by atoms with E-state index in [1.54, 1.807) is 27.7 Å². The molecule has 5 fully saturated rings. The van der Waals surface area contributed by atoms with Gasteiger partial charge in [0.05, 0.1) is 77.8 Å². The van der Waals surface area contributed by atoms with Gasteiger partial charge in [-0.1, -0.05) is 6.07 Å². The Bertz CT molecular complexity index is 1920. The van der Waals surface area contributed by atoms with E-state index in [2.05, 4.69) is 0 Å². The minimum atomic E-state index is -2.56. The lowest BCUT2D eigenvalue weighted by atomic mass is 9.54. The lowest BCUT2D eigenvalue weighted by Gasteiger charge is -2.57. The van der Waals surface area contributed by atoms with Gasteiger partial charge in [0.1, 0.15) is 23.6 Å². The van der Waals surface area contributed by atoms with Crippen molar-refractivity contribution in [3.05, 3.63) is 40.0 Å². The van der Waals surface area contributed by atoms with Crippen LogP contribution in [0.1, 0.15) is 125 Å². The number of carbonyl (C=O) groups is 3. The Morgan fingerprint density at radius 3 is 2.05 bits per heavy atom. The normalized spacial score (nSPS) is 46.8. The van der Waals surface area contributed by atoms with Crippen molar-refractivity contribution < 1.29 is 88.4 Å². The van der Waals surface area contributed by atoms with Gasteiger partial charge in [-0.2, -0.15) is 0 Å². The van der Waals surface area contributed by atoms with Gasteiger partial charge in [0.25, 0.3) is 0 Å². The monoisotopic (exact) mass is 862 g/mol. The third-order valence-electron chi connectivity index (χ3n) is 13.8. The van der Waals surface area contributed by atoms with E-state index in [9.17, 15) is 55.2 Å². The average molecular weight is 863 g/mol. The van der Waals surface area contributed by atoms with Crippen LogP contribution in [-0.4, -0.2) is 161 Å². The van der Waals surface area contributed by atoms with Gasteiger partial charge in [-0.05, 0) is 53.5 Å². The highest BCUT2D eigenvalue weighted by molar-refractivity contribution is 6.31. The van der Waals surface area contributed by atoms with Crippen LogP contribution in [0, 0.1) is 0 Å². The van der Waals surface area contributed by atoms with E-state index in [1.807, 2.05) is 0 Å². The fourth-order valence-electron chi connectivity index (χ4n) is 10.6. The quantitative estimate of drug-likeness (QED) is 0.187. The van der Waals surface area contributed by atoms with Gasteiger partial charge in [0, 0.05) is 61.6 Å². The standard InChI is InChI=1S/C43H58O18/c1-17-23(44)8-10-31(56-17)61-43-29(47)15-41(5,53)16-42(43,54)14-25(46)34-35(43)39(51)22-7-6-21(38(50)33(22)40(34)52)27-13-28(37(49)20(4)55-27)60-30-11-9-26(18(2)57-30)59-32-12-24(45)36(48)19(3)58-32/h6-7,17-20,23-28,30-32,36-37,44-46,48-50,53-54H,8-16H2,1-5H3/t17-,18-,19-,20+,23+,24-,25-,26+,27-,28-,30-,31-,32+,36-,37-,41+,42-,43-/m0/s1. The minimum absolute atomic E-state index is 0.00826. The van der Waals surface area contributed by atoms with Crippen molar-refractivity contribution in [2.24, 2.45) is 0 Å². The molecule has 3 aliphatic carbocycles. The molecule has 4 aliphatic heterocycles. The number of fused-ring (bicyclic) bond motifs is 3. The number of rotatable bonds is 7. The molecular weight excluding hydrogens is 804 g/mol. The highest BCUT2D eigenvalue weighted by Gasteiger charge is 2.71. The van der Waals surface area contributed by atoms with Crippen molar-refractivity contribution in [1.29, 1.82) is 0 Å². The summed E-state index contributed by atoms with van der Waals surface area (Å²) in [4.78, 5) is 43.7. The number of aromatic hydroxyl groups is 1. The van der Waals surface area contributed by atoms with Crippen LogP contribution in [0.4, 0.5) is 0 Å². The summed E-state index contributed by atoms with van der Waals surface area (Å²) >= 11 is 0. The number of phenols is 1. The predicted octanol–water partition coefficient (Wildman–Crippen LogP) is 0.682. The molecule has 4 heterocycles. The molecule has 8 rings (SSSR count). The first-order chi connectivity index (χ1) is 28.6. The molecule has 61 heavy (non-hydrogen) atoms. The summed E-state index contributed by atoms with van der Waals surface area (Å²) in [6.07, 6.45) is -13.9. The number of aliphatic hydroxyl groups excluding tert-OH is 5. The van der Waals surface area contributed by atoms with Crippen LogP contribution >= 0.6 is 0 Å². The number of ketones is 3. The summed E-state index contributed by atoms with van der Waals surface area (Å²) in [5.41, 5.74) is -8.50. The first-order valence-electron chi connectivity index (χ1n) is 21.3. The zero-order valence-corrected chi connectivity index (χ0v) is 34.8. The molecule has 18 heteroatoms. The Morgan fingerprint density at radius 2 is 1.36 bits per heavy atom. The van der Waals surface area contributed by atoms with E-state index in [-0.39, 0.29) is 36.8 Å². The molecule has 0 bridgehead atoms. The maximum Gasteiger partial charge on any atom is 0.196 e. The van der Waals surface area contributed by atoms with Crippen molar-refractivity contribution in [3.63, 3.8) is 0 Å². The van der Waals surface area contributed by atoms with Crippen molar-refractivity contribution in [3.8, 4) is 5.75 Å². The predicted molar refractivity (Wildman–Crippen MR) is 206 cm³/mol. The lowest BCUT2D eigenvalue weighted by Crippen LogP contribution is -2.73. The molecule has 4 saturated heterocycles. The fraction of sp³-hybridized carbons (Fsp3) is 0.744. The second kappa shape index (κ2) is 16.3. The largest absolute Gasteiger partial charge is 0.507 e. The van der Waals surface area contributed by atoms with E-state index in [1.165, 1.54) is 19.1 Å². The molecule has 0 amide bonds. The van der Waals surface area contributed by atoms with Crippen LogP contribution in [0.5, 0.6) is 5.75 Å². The number of benzene rings is 1. The van der Waals surface area contributed by atoms with E-state index in [0.29, 0.717) is 12.8 Å². The highest BCUT2D eigenvalue weighted by atomic mass is 16.7. The maximum absolute atomic E-state index is 14.8. The molecule has 0 radical (unpaired) electrons. The number of phenolic OH excluding ortho intramolecular Hbond substituents is 1. The minimum Gasteiger partial charge on any atom is -0.507 e. The molecule has 8 N–H and O–H groups in total. The summed E-state index contributed by atoms with van der Waals surface area (Å²) < 4.78 is 42.6. The SMILES string of the molecule is C[C@@H]1O[C@H](O[C@@H]2CC[C@H](O[C@H]3C[C@@H](c4ccc5c(c4O)C(=O)C4=C(C5=O)[C@@]5(O[C@H]6CC[C@@H](O)[C@H](C)O6)C(=O)C[C@@](C)(O)C[C@@]5(O)C[C@@H]4O)O[C@H](C)[C@@H]3O)O[C@H]2C)C[C@H](O)[C@H]1O. The average Bonchev–Trinajstić information content (AvgIpc) is 3.17. The van der Waals surface area contributed by atoms with Gasteiger partial charge in [-0.15, -0.1) is 0 Å². The molecule has 338 valence electrons. The topological polar surface area (TPSA) is 278 Å². The van der Waals surface area contributed by atoms with Gasteiger partial charge >= 0.3 is 0 Å². The van der Waals surface area contributed by atoms with Crippen molar-refractivity contribution >= 4 is 17.3 Å². The summed E-state index contributed by atoms with van der Waals surface area (Å²) in [5, 5.41) is 88.6. The number of aliphatic hydroxyl groups is 7. The number of carbonyl (C=O) groups excluding carboxylic acids is 3. The van der Waals surface area contributed by atoms with Gasteiger partial charge in [0.15, 0.2) is 41.8 Å². The fourth-order valence-corrected chi connectivity index (χ4v) is 10.6. The van der Waals surface area contributed by atoms with E-state index in [4.69, 9.17) is 33.2 Å². The van der Waals surface area contributed by atoms with Crippen molar-refractivity contribution in [2.75, 3.05) is 0 Å². The van der Waals surface area contributed by atoms with E-state index >= 15 is 0 Å². The summed E-state index contributed by atoms with van der Waals surface area (Å²) in [5.74, 6) is -3.45. The number of hydrogen-bond acceptors (Lipinski definition) is 18. The summed E-state index contributed by atoms with van der Waals surface area (Å²) in [6.45, 7) is 8.00. The number of hydrogen-bond donors (Lipinski definition) is 8. The molecule has 0 aromatic heterocycles. The van der Waals surface area contributed by atoms with Crippen LogP contribution in [-0.2, 0) is 38.0 Å². The van der Waals surface area contributed by atoms with Gasteiger partial charge in [-0.25, -0.2) is 0 Å². The smallest absolute Gasteiger partial charge is 0.196 e. The molecule has 7 aliphatic rings. The van der Waals surface area contributed by atoms with Crippen molar-refractivity contribution in [2.45, 2.75) is 201 Å². The third-order valence-corrected chi connectivity index (χ3v) is 13.8. The van der Waals surface area contributed by atoms with Crippen LogP contribution in [0.3, 0.4) is 0 Å². The van der Waals surface area contributed by atoms with E-state index in [0.717, 1.165) is 0 Å². The molecule has 18 atom stereocenters. The Morgan fingerprint density at radius 1 is 0.705 bits per heavy atom. The molecule has 1 aromatic carbocycles. The highest BCUT2D eigenvalue weighted by Crippen LogP contribution is 2.57. The first kappa shape index (κ1) is 44.8. The number of ether oxygens (including phenoxy) is 7. The Labute approximate surface area is 352 Å². The molecule has 0 unspecified atom stereocenters. The maximum atomic E-state index is 14.8. The van der Waals surface area contributed by atoms with Crippen LogP contribution < -0.4 is 0 Å². The zero-order chi connectivity index (χ0) is 44.1. The second-order valence-corrected chi connectivity index (χ2v) is 18.4.